The molecular weight excluding hydrogens is 543 g/mol. The summed E-state index contributed by atoms with van der Waals surface area (Å²) in [4.78, 5) is 22.3. The Bertz CT molecular complexity index is 1430. The highest BCUT2D eigenvalue weighted by atomic mass is 79.9. The van der Waals surface area contributed by atoms with Crippen molar-refractivity contribution in [2.45, 2.75) is 52.2 Å². The zero-order valence-corrected chi connectivity index (χ0v) is 22.3. The van der Waals surface area contributed by atoms with Crippen LogP contribution in [0.5, 0.6) is 0 Å². The molecule has 0 spiro atoms. The minimum absolute atomic E-state index is 0.152. The number of benzene rings is 1. The number of nitrogens with one attached hydrogen (secondary N) is 2. The quantitative estimate of drug-likeness (QED) is 0.304. The highest BCUT2D eigenvalue weighted by molar-refractivity contribution is 9.10. The van der Waals surface area contributed by atoms with Gasteiger partial charge in [0.15, 0.2) is 11.3 Å². The number of halogens is 2. The third-order valence-electron chi connectivity index (χ3n) is 6.45. The molecule has 194 valence electrons. The second-order valence-corrected chi connectivity index (χ2v) is 9.71. The molecule has 1 saturated heterocycles. The van der Waals surface area contributed by atoms with Gasteiger partial charge in [-0.1, -0.05) is 13.0 Å². The lowest BCUT2D eigenvalue weighted by Gasteiger charge is -2.26. The van der Waals surface area contributed by atoms with E-state index in [-0.39, 0.29) is 30.0 Å². The zero-order valence-electron chi connectivity index (χ0n) is 20.7. The fourth-order valence-electron chi connectivity index (χ4n) is 4.46. The van der Waals surface area contributed by atoms with Crippen LogP contribution in [-0.2, 0) is 24.2 Å². The zero-order chi connectivity index (χ0) is 25.9. The summed E-state index contributed by atoms with van der Waals surface area (Å²) >= 11 is 3.17. The summed E-state index contributed by atoms with van der Waals surface area (Å²) in [5.74, 6) is -0.428. The molecule has 0 saturated carbocycles. The summed E-state index contributed by atoms with van der Waals surface area (Å²) in [7, 11) is 0. The Labute approximate surface area is 221 Å². The summed E-state index contributed by atoms with van der Waals surface area (Å²) < 4.78 is 27.1. The van der Waals surface area contributed by atoms with Crippen LogP contribution in [0.1, 0.15) is 48.4 Å². The van der Waals surface area contributed by atoms with E-state index in [1.165, 1.54) is 12.3 Å². The van der Waals surface area contributed by atoms with E-state index in [0.717, 1.165) is 46.4 Å². The molecule has 4 heterocycles. The topological polar surface area (TPSA) is 107 Å². The van der Waals surface area contributed by atoms with Crippen molar-refractivity contribution in [3.05, 3.63) is 57.9 Å². The molecule has 37 heavy (non-hydrogen) atoms. The van der Waals surface area contributed by atoms with Gasteiger partial charge in [0.1, 0.15) is 12.1 Å². The lowest BCUT2D eigenvalue weighted by molar-refractivity contribution is 0.0904. The van der Waals surface area contributed by atoms with Gasteiger partial charge in [-0.25, -0.2) is 19.0 Å². The van der Waals surface area contributed by atoms with Gasteiger partial charge in [-0.05, 0) is 59.8 Å². The van der Waals surface area contributed by atoms with E-state index in [1.807, 2.05) is 24.7 Å². The number of ether oxygens (including phenoxy) is 1. The van der Waals surface area contributed by atoms with Crippen LogP contribution in [0, 0.1) is 5.82 Å². The molecule has 1 aromatic carbocycles. The molecule has 4 aromatic rings. The van der Waals surface area contributed by atoms with Crippen molar-refractivity contribution in [3.8, 4) is 11.5 Å². The molecule has 1 amide bonds. The number of aromatic nitrogens is 4. The van der Waals surface area contributed by atoms with E-state index in [2.05, 4.69) is 36.6 Å². The number of carbonyl (C=O) groups excluding carboxylic acids is 1. The molecule has 1 aliphatic rings. The molecule has 0 bridgehead atoms. The first-order chi connectivity index (χ1) is 18.0. The summed E-state index contributed by atoms with van der Waals surface area (Å²) in [6.45, 7) is 6.38. The molecule has 0 unspecified atom stereocenters. The number of fused-ring (bicyclic) bond motifs is 1. The van der Waals surface area contributed by atoms with Gasteiger partial charge in [0.05, 0.1) is 33.0 Å². The van der Waals surface area contributed by atoms with E-state index in [0.29, 0.717) is 36.5 Å². The monoisotopic (exact) mass is 570 g/mol. The van der Waals surface area contributed by atoms with Crippen molar-refractivity contribution in [1.82, 2.24) is 25.1 Å². The average molecular weight is 571 g/mol. The van der Waals surface area contributed by atoms with Gasteiger partial charge in [-0.2, -0.15) is 5.10 Å². The lowest BCUT2D eigenvalue weighted by atomic mass is 10.0. The Morgan fingerprint density at radius 1 is 1.24 bits per heavy atom. The van der Waals surface area contributed by atoms with E-state index in [9.17, 15) is 9.18 Å². The standard InChI is InChI=1S/C26H28BrFN6O3/c1-3-20-22(23(31-16-7-9-36-10-8-16)17-13-30-34(4-2)24(17)32-20)26-33-21(14-37-26)25(35)29-12-15-5-6-19(28)18(27)11-15/h5-6,11,13-14,16H,3-4,7-10,12H2,1-2H3,(H,29,35)(H,31,32). The van der Waals surface area contributed by atoms with Crippen LogP contribution in [-0.4, -0.2) is 44.9 Å². The van der Waals surface area contributed by atoms with Crippen LogP contribution in [0.2, 0.25) is 0 Å². The van der Waals surface area contributed by atoms with Crippen molar-refractivity contribution in [2.24, 2.45) is 0 Å². The van der Waals surface area contributed by atoms with Crippen LogP contribution in [0.4, 0.5) is 10.1 Å². The molecule has 0 radical (unpaired) electrons. The van der Waals surface area contributed by atoms with Gasteiger partial charge < -0.3 is 19.8 Å². The van der Waals surface area contributed by atoms with Gasteiger partial charge in [-0.3, -0.25) is 4.79 Å². The number of hydrogen-bond acceptors (Lipinski definition) is 7. The molecule has 2 N–H and O–H groups in total. The number of anilines is 1. The van der Waals surface area contributed by atoms with Gasteiger partial charge in [0.2, 0.25) is 5.89 Å². The maximum Gasteiger partial charge on any atom is 0.273 e. The molecule has 5 rings (SSSR count). The fraction of sp³-hybridized carbons (Fsp3) is 0.385. The minimum atomic E-state index is -0.389. The van der Waals surface area contributed by atoms with E-state index in [1.54, 1.807) is 12.1 Å². The Morgan fingerprint density at radius 2 is 2.05 bits per heavy atom. The van der Waals surface area contributed by atoms with Gasteiger partial charge in [-0.15, -0.1) is 0 Å². The SMILES string of the molecule is CCc1nc2c(cnn2CC)c(NC2CCOCC2)c1-c1nc(C(=O)NCc2ccc(F)c(Br)c2)co1. The molecule has 1 aliphatic heterocycles. The second-order valence-electron chi connectivity index (χ2n) is 8.86. The van der Waals surface area contributed by atoms with Crippen LogP contribution >= 0.6 is 15.9 Å². The van der Waals surface area contributed by atoms with Crippen molar-refractivity contribution >= 4 is 38.6 Å². The van der Waals surface area contributed by atoms with Gasteiger partial charge >= 0.3 is 0 Å². The fourth-order valence-corrected chi connectivity index (χ4v) is 4.89. The first-order valence-electron chi connectivity index (χ1n) is 12.4. The van der Waals surface area contributed by atoms with E-state index >= 15 is 0 Å². The first kappa shape index (κ1) is 25.3. The number of rotatable bonds is 8. The second kappa shape index (κ2) is 11.0. The Balaban J connectivity index is 1.47. The van der Waals surface area contributed by atoms with Crippen LogP contribution in [0.15, 0.2) is 39.5 Å². The summed E-state index contributed by atoms with van der Waals surface area (Å²) in [6.07, 6.45) is 5.57. The maximum atomic E-state index is 13.5. The highest BCUT2D eigenvalue weighted by Crippen LogP contribution is 2.37. The van der Waals surface area contributed by atoms with Crippen molar-refractivity contribution in [1.29, 1.82) is 0 Å². The molecular formula is C26H28BrFN6O3. The number of aryl methyl sites for hydroxylation is 2. The minimum Gasteiger partial charge on any atom is -0.443 e. The average Bonchev–Trinajstić information content (AvgIpc) is 3.57. The van der Waals surface area contributed by atoms with Crippen molar-refractivity contribution in [3.63, 3.8) is 0 Å². The summed E-state index contributed by atoms with van der Waals surface area (Å²) in [6, 6.07) is 4.82. The third kappa shape index (κ3) is 5.24. The Kier molecular flexibility index (Phi) is 7.52. The van der Waals surface area contributed by atoms with Crippen LogP contribution in [0.25, 0.3) is 22.5 Å². The first-order valence-corrected chi connectivity index (χ1v) is 13.2. The van der Waals surface area contributed by atoms with Gasteiger partial charge in [0, 0.05) is 32.3 Å². The van der Waals surface area contributed by atoms with E-state index in [4.69, 9.17) is 14.1 Å². The predicted octanol–water partition coefficient (Wildman–Crippen LogP) is 5.09. The highest BCUT2D eigenvalue weighted by Gasteiger charge is 2.26. The maximum absolute atomic E-state index is 13.5. The largest absolute Gasteiger partial charge is 0.443 e. The molecule has 1 fully saturated rings. The number of pyridine rings is 1. The molecule has 0 atom stereocenters. The molecule has 3 aromatic heterocycles. The van der Waals surface area contributed by atoms with Crippen molar-refractivity contribution < 1.29 is 18.3 Å². The molecule has 0 aliphatic carbocycles. The Hall–Kier alpha value is -3.31. The predicted molar refractivity (Wildman–Crippen MR) is 141 cm³/mol. The Morgan fingerprint density at radius 3 is 2.78 bits per heavy atom. The summed E-state index contributed by atoms with van der Waals surface area (Å²) in [5, 5.41) is 11.9. The number of hydrogen-bond donors (Lipinski definition) is 2. The normalized spacial score (nSPS) is 14.3. The number of amides is 1. The van der Waals surface area contributed by atoms with Crippen LogP contribution < -0.4 is 10.6 Å². The number of carbonyl (C=O) groups is 1. The smallest absolute Gasteiger partial charge is 0.273 e. The third-order valence-corrected chi connectivity index (χ3v) is 7.06. The molecule has 9 nitrogen and oxygen atoms in total. The van der Waals surface area contributed by atoms with E-state index < -0.39 is 0 Å². The number of oxazole rings is 1. The molecule has 11 heteroatoms. The van der Waals surface area contributed by atoms with Crippen LogP contribution in [0.3, 0.4) is 0 Å². The lowest BCUT2D eigenvalue weighted by Crippen LogP contribution is -2.28. The van der Waals surface area contributed by atoms with Crippen molar-refractivity contribution in [2.75, 3.05) is 18.5 Å². The van der Waals surface area contributed by atoms with Gasteiger partial charge in [0.25, 0.3) is 5.91 Å². The summed E-state index contributed by atoms with van der Waals surface area (Å²) in [5.41, 5.74) is 4.11. The number of nitrogens with zero attached hydrogens (tertiary/aromatic N) is 4.